The number of rotatable bonds is 9. The fourth-order valence-electron chi connectivity index (χ4n) is 2.13. The van der Waals surface area contributed by atoms with E-state index in [0.29, 0.717) is 13.0 Å². The summed E-state index contributed by atoms with van der Waals surface area (Å²) in [4.78, 5) is 22.2. The van der Waals surface area contributed by atoms with Gasteiger partial charge in [-0.2, -0.15) is 0 Å². The lowest BCUT2D eigenvalue weighted by molar-refractivity contribution is -0.141. The second-order valence-corrected chi connectivity index (χ2v) is 5.43. The predicted octanol–water partition coefficient (Wildman–Crippen LogP) is 1.71. The number of aryl methyl sites for hydroxylation is 1. The maximum Gasteiger partial charge on any atom is 0.320 e. The largest absolute Gasteiger partial charge is 0.480 e. The lowest BCUT2D eigenvalue weighted by Gasteiger charge is -2.20. The van der Waals surface area contributed by atoms with E-state index in [0.717, 1.165) is 17.5 Å². The number of hydroxylamine groups is 1. The normalized spacial score (nSPS) is 13.4. The number of carbonyl (C=O) groups excluding carboxylic acids is 1. The van der Waals surface area contributed by atoms with Gasteiger partial charge < -0.3 is 10.4 Å². The van der Waals surface area contributed by atoms with Crippen molar-refractivity contribution in [1.29, 1.82) is 0 Å². The summed E-state index contributed by atoms with van der Waals surface area (Å²) in [6.45, 7) is 4.37. The van der Waals surface area contributed by atoms with E-state index in [9.17, 15) is 14.7 Å². The summed E-state index contributed by atoms with van der Waals surface area (Å²) < 4.78 is 0. The molecule has 0 radical (unpaired) electrons. The topological polar surface area (TPSA) is 98.7 Å². The van der Waals surface area contributed by atoms with Crippen molar-refractivity contribution in [3.8, 4) is 0 Å². The molecule has 22 heavy (non-hydrogen) atoms. The highest BCUT2D eigenvalue weighted by Crippen LogP contribution is 2.11. The summed E-state index contributed by atoms with van der Waals surface area (Å²) in [5.41, 5.74) is 3.58. The third kappa shape index (κ3) is 5.83. The molecule has 0 aromatic heterocycles. The van der Waals surface area contributed by atoms with E-state index in [1.54, 1.807) is 5.48 Å². The van der Waals surface area contributed by atoms with Crippen molar-refractivity contribution in [2.45, 2.75) is 45.7 Å². The minimum atomic E-state index is -0.832. The molecule has 1 aromatic rings. The van der Waals surface area contributed by atoms with Gasteiger partial charge in [0.25, 0.3) is 0 Å². The van der Waals surface area contributed by atoms with Gasteiger partial charge in [-0.1, -0.05) is 44.5 Å². The molecule has 6 nitrogen and oxygen atoms in total. The lowest BCUT2D eigenvalue weighted by Crippen LogP contribution is -2.41. The van der Waals surface area contributed by atoms with Crippen LogP contribution in [0, 0.1) is 5.92 Å². The lowest BCUT2D eigenvalue weighted by atomic mass is 9.99. The Morgan fingerprint density at radius 2 is 1.77 bits per heavy atom. The Labute approximate surface area is 130 Å². The fraction of sp³-hybridized carbons (Fsp3) is 0.500. The van der Waals surface area contributed by atoms with Crippen LogP contribution in [0.2, 0.25) is 0 Å². The molecule has 0 saturated carbocycles. The van der Waals surface area contributed by atoms with Crippen molar-refractivity contribution >= 4 is 11.9 Å². The summed E-state index contributed by atoms with van der Waals surface area (Å²) in [6.07, 6.45) is 1.57. The molecule has 1 amide bonds. The highest BCUT2D eigenvalue weighted by Gasteiger charge is 2.22. The van der Waals surface area contributed by atoms with E-state index in [1.165, 1.54) is 0 Å². The molecule has 0 fully saturated rings. The minimum absolute atomic E-state index is 0.0637. The van der Waals surface area contributed by atoms with Crippen LogP contribution in [0.15, 0.2) is 24.3 Å². The van der Waals surface area contributed by atoms with Crippen LogP contribution in [-0.2, 0) is 22.6 Å². The Morgan fingerprint density at radius 1 is 1.18 bits per heavy atom. The van der Waals surface area contributed by atoms with Gasteiger partial charge in [-0.15, -0.1) is 0 Å². The molecule has 6 heteroatoms. The minimum Gasteiger partial charge on any atom is -0.480 e. The first-order valence-electron chi connectivity index (χ1n) is 7.44. The maximum absolute atomic E-state index is 11.2. The van der Waals surface area contributed by atoms with Gasteiger partial charge >= 0.3 is 5.97 Å². The van der Waals surface area contributed by atoms with Crippen LogP contribution in [0.5, 0.6) is 0 Å². The average molecular weight is 308 g/mol. The van der Waals surface area contributed by atoms with Crippen LogP contribution >= 0.6 is 0 Å². The molecule has 0 heterocycles. The van der Waals surface area contributed by atoms with Gasteiger partial charge in [-0.25, -0.2) is 5.48 Å². The molecule has 1 rings (SSSR count). The van der Waals surface area contributed by atoms with Crippen LogP contribution in [0.4, 0.5) is 0 Å². The van der Waals surface area contributed by atoms with Crippen LogP contribution in [0.25, 0.3) is 0 Å². The second kappa shape index (κ2) is 9.17. The van der Waals surface area contributed by atoms with Crippen LogP contribution in [0.3, 0.4) is 0 Å². The zero-order valence-electron chi connectivity index (χ0n) is 13.0. The number of carboxylic acid groups (broad SMARTS) is 1. The number of nitrogens with one attached hydrogen (secondary N) is 2. The summed E-state index contributed by atoms with van der Waals surface area (Å²) in [7, 11) is 0. The molecule has 0 aliphatic carbocycles. The molecule has 0 spiro atoms. The van der Waals surface area contributed by atoms with E-state index < -0.39 is 17.9 Å². The van der Waals surface area contributed by atoms with Crippen LogP contribution in [0.1, 0.15) is 37.8 Å². The second-order valence-electron chi connectivity index (χ2n) is 5.43. The van der Waals surface area contributed by atoms with Crippen molar-refractivity contribution < 1.29 is 19.9 Å². The summed E-state index contributed by atoms with van der Waals surface area (Å²) >= 11 is 0. The number of amides is 1. The maximum atomic E-state index is 11.2. The molecule has 1 aromatic carbocycles. The summed E-state index contributed by atoms with van der Waals surface area (Å²) in [5.74, 6) is -1.18. The summed E-state index contributed by atoms with van der Waals surface area (Å²) in [6, 6.07) is 7.07. The summed E-state index contributed by atoms with van der Waals surface area (Å²) in [5, 5.41) is 20.7. The third-order valence-electron chi connectivity index (χ3n) is 3.79. The first-order chi connectivity index (χ1) is 10.5. The number of hydrogen-bond donors (Lipinski definition) is 4. The average Bonchev–Trinajstić information content (AvgIpc) is 2.53. The Hall–Kier alpha value is -1.92. The predicted molar refractivity (Wildman–Crippen MR) is 82.4 cm³/mol. The van der Waals surface area contributed by atoms with Gasteiger partial charge in [0.1, 0.15) is 6.04 Å². The Bertz CT molecular complexity index is 487. The molecule has 0 bridgehead atoms. The van der Waals surface area contributed by atoms with E-state index in [2.05, 4.69) is 5.32 Å². The first-order valence-corrected chi connectivity index (χ1v) is 7.44. The number of aliphatic carboxylic acids is 1. The van der Waals surface area contributed by atoms with Crippen molar-refractivity contribution in [3.63, 3.8) is 0 Å². The Morgan fingerprint density at radius 3 is 2.27 bits per heavy atom. The van der Waals surface area contributed by atoms with Gasteiger partial charge in [-0.05, 0) is 23.5 Å². The van der Waals surface area contributed by atoms with Gasteiger partial charge in [0.2, 0.25) is 5.91 Å². The molecular weight excluding hydrogens is 284 g/mol. The monoisotopic (exact) mass is 308 g/mol. The van der Waals surface area contributed by atoms with E-state index >= 15 is 0 Å². The SMILES string of the molecule is CC[C@H](C)[C@H](NCc1ccc(CCC(=O)NO)cc1)C(=O)O. The molecule has 0 aliphatic rings. The van der Waals surface area contributed by atoms with Crippen LogP contribution < -0.4 is 10.8 Å². The Kier molecular flexibility index (Phi) is 7.56. The highest BCUT2D eigenvalue weighted by atomic mass is 16.5. The third-order valence-corrected chi connectivity index (χ3v) is 3.79. The van der Waals surface area contributed by atoms with Gasteiger partial charge in [0.15, 0.2) is 0 Å². The molecular formula is C16H24N2O4. The highest BCUT2D eigenvalue weighted by molar-refractivity contribution is 5.74. The van der Waals surface area contributed by atoms with E-state index in [-0.39, 0.29) is 12.3 Å². The van der Waals surface area contributed by atoms with E-state index in [4.69, 9.17) is 5.21 Å². The van der Waals surface area contributed by atoms with Crippen molar-refractivity contribution in [2.75, 3.05) is 0 Å². The smallest absolute Gasteiger partial charge is 0.320 e. The Balaban J connectivity index is 2.53. The molecule has 0 aliphatic heterocycles. The zero-order valence-corrected chi connectivity index (χ0v) is 13.0. The molecule has 0 unspecified atom stereocenters. The van der Waals surface area contributed by atoms with Crippen LogP contribution in [-0.4, -0.2) is 28.2 Å². The molecule has 4 N–H and O–H groups in total. The number of hydrogen-bond acceptors (Lipinski definition) is 4. The molecule has 122 valence electrons. The standard InChI is InChI=1S/C16H24N2O4/c1-3-11(2)15(16(20)21)17-10-13-6-4-12(5-7-13)8-9-14(19)18-22/h4-7,11,15,17,22H,3,8-10H2,1-2H3,(H,18,19)(H,20,21)/t11-,15-/m0/s1. The zero-order chi connectivity index (χ0) is 16.5. The first kappa shape index (κ1) is 18.1. The van der Waals surface area contributed by atoms with E-state index in [1.807, 2.05) is 38.1 Å². The van der Waals surface area contributed by atoms with Crippen molar-refractivity contribution in [3.05, 3.63) is 35.4 Å². The number of carboxylic acids is 1. The number of benzene rings is 1. The fourth-order valence-corrected chi connectivity index (χ4v) is 2.13. The van der Waals surface area contributed by atoms with Crippen molar-refractivity contribution in [2.24, 2.45) is 5.92 Å². The quantitative estimate of drug-likeness (QED) is 0.411. The van der Waals surface area contributed by atoms with Gasteiger partial charge in [-0.3, -0.25) is 14.8 Å². The van der Waals surface area contributed by atoms with Gasteiger partial charge in [0, 0.05) is 13.0 Å². The molecule has 0 saturated heterocycles. The number of carbonyl (C=O) groups is 2. The molecule has 2 atom stereocenters. The van der Waals surface area contributed by atoms with Crippen molar-refractivity contribution in [1.82, 2.24) is 10.8 Å². The van der Waals surface area contributed by atoms with Gasteiger partial charge in [0.05, 0.1) is 0 Å².